The van der Waals surface area contributed by atoms with E-state index in [-0.39, 0.29) is 36.2 Å². The normalized spacial score (nSPS) is 14.1. The molecule has 0 bridgehead atoms. The van der Waals surface area contributed by atoms with Crippen LogP contribution in [0.1, 0.15) is 49.3 Å². The molecule has 1 fully saturated rings. The van der Waals surface area contributed by atoms with Crippen LogP contribution in [0.3, 0.4) is 0 Å². The van der Waals surface area contributed by atoms with Gasteiger partial charge in [-0.15, -0.1) is 24.8 Å². The van der Waals surface area contributed by atoms with Crippen LogP contribution >= 0.6 is 24.8 Å². The van der Waals surface area contributed by atoms with Crippen molar-refractivity contribution >= 4 is 42.6 Å². The largest absolute Gasteiger partial charge is 0.454 e. The van der Waals surface area contributed by atoms with E-state index in [0.29, 0.717) is 23.8 Å². The molecular weight excluding hydrogens is 588 g/mol. The highest BCUT2D eigenvalue weighted by Crippen LogP contribution is 2.41. The predicted molar refractivity (Wildman–Crippen MR) is 167 cm³/mol. The van der Waals surface area contributed by atoms with E-state index < -0.39 is 17.5 Å². The third-order valence-corrected chi connectivity index (χ3v) is 7.75. The maximum Gasteiger partial charge on any atom is 0.211 e. The van der Waals surface area contributed by atoms with Crippen molar-refractivity contribution in [1.82, 2.24) is 9.80 Å². The molecule has 3 aromatic carbocycles. The average molecular weight is 628 g/mol. The van der Waals surface area contributed by atoms with Crippen LogP contribution in [0.15, 0.2) is 48.5 Å². The molecule has 42 heavy (non-hydrogen) atoms. The van der Waals surface area contributed by atoms with Crippen LogP contribution in [0.2, 0.25) is 0 Å². The summed E-state index contributed by atoms with van der Waals surface area (Å²) in [4.78, 5) is 15.9. The zero-order valence-electron chi connectivity index (χ0n) is 24.5. The quantitative estimate of drug-likeness (QED) is 0.137. The van der Waals surface area contributed by atoms with Gasteiger partial charge in [0, 0.05) is 18.7 Å². The predicted octanol–water partition coefficient (Wildman–Crippen LogP) is 7.71. The van der Waals surface area contributed by atoms with Crippen molar-refractivity contribution < 1.29 is 22.7 Å². The molecule has 0 spiro atoms. The summed E-state index contributed by atoms with van der Waals surface area (Å²) in [6.07, 6.45) is 2.66. The molecule has 11 heteroatoms. The maximum atomic E-state index is 13.9. The number of carbonyl (C=O) groups is 1. The zero-order valence-corrected chi connectivity index (χ0v) is 26.1. The van der Waals surface area contributed by atoms with E-state index in [1.165, 1.54) is 11.1 Å². The molecule has 6 nitrogen and oxygen atoms in total. The first-order valence-corrected chi connectivity index (χ1v) is 13.4. The lowest BCUT2D eigenvalue weighted by Crippen LogP contribution is -2.46. The first-order valence-electron chi connectivity index (χ1n) is 13.4. The van der Waals surface area contributed by atoms with Gasteiger partial charge in [-0.2, -0.15) is 0 Å². The minimum atomic E-state index is -1.26. The molecule has 3 aromatic rings. The summed E-state index contributed by atoms with van der Waals surface area (Å²) in [6, 6.07) is 12.4. The number of carbonyl (C=O) groups excluding carboxylic acids is 1. The summed E-state index contributed by atoms with van der Waals surface area (Å²) in [5.41, 5.74) is 4.93. The fourth-order valence-corrected chi connectivity index (χ4v) is 5.00. The molecule has 1 aliphatic heterocycles. The lowest BCUT2D eigenvalue weighted by atomic mass is 9.84. The Bertz CT molecular complexity index is 1350. The zero-order chi connectivity index (χ0) is 29.0. The van der Waals surface area contributed by atoms with Gasteiger partial charge in [0.2, 0.25) is 6.41 Å². The van der Waals surface area contributed by atoms with E-state index in [2.05, 4.69) is 47.3 Å². The first-order chi connectivity index (χ1) is 19.0. The number of aryl methyl sites for hydroxylation is 1. The number of piperidine rings is 1. The van der Waals surface area contributed by atoms with Crippen molar-refractivity contribution in [2.24, 2.45) is 0 Å². The number of rotatable bonds is 10. The second-order valence-electron chi connectivity index (χ2n) is 11.1. The number of halogens is 5. The number of hydrogen-bond donors (Lipinski definition) is 2. The van der Waals surface area contributed by atoms with Gasteiger partial charge in [0.15, 0.2) is 23.2 Å². The molecule has 1 amide bonds. The van der Waals surface area contributed by atoms with Crippen LogP contribution in [-0.4, -0.2) is 49.1 Å². The lowest BCUT2D eigenvalue weighted by molar-refractivity contribution is -0.105. The third-order valence-electron chi connectivity index (χ3n) is 7.75. The average Bonchev–Trinajstić information content (AvgIpc) is 2.90. The number of anilines is 2. The monoisotopic (exact) mass is 626 g/mol. The molecule has 1 heterocycles. The second-order valence-corrected chi connectivity index (χ2v) is 11.1. The van der Waals surface area contributed by atoms with E-state index >= 15 is 0 Å². The molecule has 0 aliphatic carbocycles. The molecular formula is C31H39Cl2F3N4O2. The van der Waals surface area contributed by atoms with Crippen molar-refractivity contribution in [3.63, 3.8) is 0 Å². The third kappa shape index (κ3) is 8.31. The number of benzene rings is 3. The number of nitrogens with zero attached hydrogens (tertiary/aromatic N) is 2. The minimum Gasteiger partial charge on any atom is -0.454 e. The number of nitrogens with one attached hydrogen (secondary N) is 2. The van der Waals surface area contributed by atoms with Crippen LogP contribution in [0, 0.1) is 24.4 Å². The Morgan fingerprint density at radius 3 is 2.19 bits per heavy atom. The van der Waals surface area contributed by atoms with Crippen LogP contribution in [0.5, 0.6) is 11.5 Å². The first kappa shape index (κ1) is 35.2. The molecule has 0 radical (unpaired) electrons. The summed E-state index contributed by atoms with van der Waals surface area (Å²) < 4.78 is 46.0. The van der Waals surface area contributed by atoms with Crippen molar-refractivity contribution in [2.45, 2.75) is 51.7 Å². The van der Waals surface area contributed by atoms with E-state index in [1.54, 1.807) is 12.1 Å². The van der Waals surface area contributed by atoms with Crippen LogP contribution in [0.25, 0.3) is 0 Å². The number of likely N-dealkylation sites (tertiary alicyclic amines) is 1. The van der Waals surface area contributed by atoms with E-state index in [9.17, 15) is 18.0 Å². The summed E-state index contributed by atoms with van der Waals surface area (Å²) >= 11 is 0. The molecule has 1 saturated heterocycles. The van der Waals surface area contributed by atoms with Gasteiger partial charge in [-0.1, -0.05) is 18.2 Å². The van der Waals surface area contributed by atoms with Gasteiger partial charge >= 0.3 is 0 Å². The highest BCUT2D eigenvalue weighted by atomic mass is 35.5. The van der Waals surface area contributed by atoms with Gasteiger partial charge < -0.3 is 15.4 Å². The smallest absolute Gasteiger partial charge is 0.211 e. The van der Waals surface area contributed by atoms with Crippen LogP contribution < -0.4 is 15.4 Å². The molecule has 0 aromatic heterocycles. The van der Waals surface area contributed by atoms with E-state index in [4.69, 9.17) is 4.74 Å². The van der Waals surface area contributed by atoms with E-state index in [1.807, 2.05) is 32.3 Å². The Balaban J connectivity index is 0.00000308. The molecule has 2 N–H and O–H groups in total. The second kappa shape index (κ2) is 15.0. The molecule has 0 unspecified atom stereocenters. The summed E-state index contributed by atoms with van der Waals surface area (Å²) in [6.45, 7) is 8.90. The molecule has 0 saturated carbocycles. The highest BCUT2D eigenvalue weighted by Gasteiger charge is 2.29. The molecule has 1 aliphatic rings. The Morgan fingerprint density at radius 2 is 1.60 bits per heavy atom. The van der Waals surface area contributed by atoms with Gasteiger partial charge in [0.25, 0.3) is 0 Å². The Kier molecular flexibility index (Phi) is 12.5. The number of amides is 1. The standard InChI is InChI=1S/C31H37F3N4O2.2ClH/c1-20-6-11-27(35-19-39)30(36-31(2,3)37(4)5)29(20)22-12-14-38(15-13-22)18-21-7-9-23(10-8-21)40-28-17-25(33)24(32)16-26(28)34;;/h6-11,16-17,19,22,36H,12-15,18H2,1-5H3,(H,35,39);2*1H. The fraction of sp³-hybridized carbons (Fsp3) is 0.387. The van der Waals surface area contributed by atoms with Gasteiger partial charge in [0.05, 0.1) is 17.0 Å². The van der Waals surface area contributed by atoms with Gasteiger partial charge in [-0.3, -0.25) is 14.6 Å². The van der Waals surface area contributed by atoms with Crippen molar-refractivity contribution in [3.8, 4) is 11.5 Å². The summed E-state index contributed by atoms with van der Waals surface area (Å²) in [5, 5.41) is 6.55. The number of hydrogen-bond acceptors (Lipinski definition) is 5. The van der Waals surface area contributed by atoms with Crippen molar-refractivity contribution in [3.05, 3.63) is 82.7 Å². The maximum absolute atomic E-state index is 13.9. The van der Waals surface area contributed by atoms with Gasteiger partial charge in [-0.05, 0) is 102 Å². The minimum absolute atomic E-state index is 0. The Hall–Kier alpha value is -2.98. The Labute approximate surface area is 258 Å². The number of ether oxygens (including phenoxy) is 1. The summed E-state index contributed by atoms with van der Waals surface area (Å²) in [5.74, 6) is -3.06. The molecule has 4 rings (SSSR count). The Morgan fingerprint density at radius 1 is 0.976 bits per heavy atom. The van der Waals surface area contributed by atoms with Crippen LogP contribution in [0.4, 0.5) is 24.5 Å². The highest BCUT2D eigenvalue weighted by molar-refractivity contribution is 5.86. The van der Waals surface area contributed by atoms with Crippen molar-refractivity contribution in [1.29, 1.82) is 0 Å². The lowest BCUT2D eigenvalue weighted by Gasteiger charge is -2.39. The van der Waals surface area contributed by atoms with Crippen molar-refractivity contribution in [2.75, 3.05) is 37.8 Å². The van der Waals surface area contributed by atoms with Crippen LogP contribution in [-0.2, 0) is 11.3 Å². The van der Waals surface area contributed by atoms with E-state index in [0.717, 1.165) is 55.8 Å². The molecule has 230 valence electrons. The van der Waals surface area contributed by atoms with Gasteiger partial charge in [-0.25, -0.2) is 13.2 Å². The fourth-order valence-electron chi connectivity index (χ4n) is 5.00. The summed E-state index contributed by atoms with van der Waals surface area (Å²) in [7, 11) is 4.04. The van der Waals surface area contributed by atoms with Gasteiger partial charge in [0.1, 0.15) is 5.75 Å². The molecule has 0 atom stereocenters. The SMILES string of the molecule is Cc1ccc(NC=O)c(NC(C)(C)N(C)C)c1C1CCN(Cc2ccc(Oc3cc(F)c(F)cc3F)cc2)CC1.Cl.Cl. The topological polar surface area (TPSA) is 56.8 Å².